The Labute approximate surface area is 114 Å². The fourth-order valence-corrected chi connectivity index (χ4v) is 2.89. The molecule has 1 aliphatic rings. The number of para-hydroxylation sites is 1. The molecule has 0 aromatic heterocycles. The monoisotopic (exact) mass is 253 g/mol. The number of aryl methyl sites for hydroxylation is 2. The summed E-state index contributed by atoms with van der Waals surface area (Å²) in [4.78, 5) is 0. The van der Waals surface area contributed by atoms with Crippen molar-refractivity contribution in [3.63, 3.8) is 0 Å². The second-order valence-electron chi connectivity index (χ2n) is 5.32. The average molecular weight is 253 g/mol. The smallest absolute Gasteiger partial charge is 0.106 e. The number of anilines is 1. The number of fused-ring (bicyclic) bond motifs is 1. The Hall–Kier alpha value is -1.80. The summed E-state index contributed by atoms with van der Waals surface area (Å²) in [5, 5.41) is 14.1. The van der Waals surface area contributed by atoms with Gasteiger partial charge in [-0.25, -0.2) is 0 Å². The normalized spacial score (nSPS) is 14.9. The highest BCUT2D eigenvalue weighted by atomic mass is 16.3. The fraction of sp³-hybridized carbons (Fsp3) is 0.294. The van der Waals surface area contributed by atoms with Crippen LogP contribution in [0, 0.1) is 13.8 Å². The zero-order valence-electron chi connectivity index (χ0n) is 11.4. The second kappa shape index (κ2) is 4.71. The lowest BCUT2D eigenvalue weighted by molar-refractivity contribution is 0.220. The van der Waals surface area contributed by atoms with E-state index in [0.717, 1.165) is 35.3 Å². The first-order chi connectivity index (χ1) is 9.16. The molecule has 2 aromatic rings. The molecule has 1 aliphatic heterocycles. The van der Waals surface area contributed by atoms with E-state index in [1.54, 1.807) is 0 Å². The molecule has 1 heterocycles. The van der Waals surface area contributed by atoms with Crippen LogP contribution in [0.1, 0.15) is 33.9 Å². The van der Waals surface area contributed by atoms with Crippen LogP contribution in [-0.4, -0.2) is 11.7 Å². The van der Waals surface area contributed by atoms with Crippen LogP contribution in [0.2, 0.25) is 0 Å². The van der Waals surface area contributed by atoms with Gasteiger partial charge in [0.05, 0.1) is 0 Å². The fourth-order valence-electron chi connectivity index (χ4n) is 2.89. The Balaban J connectivity index is 2.05. The molecule has 0 saturated carbocycles. The molecule has 0 radical (unpaired) electrons. The molecule has 2 heteroatoms. The Morgan fingerprint density at radius 3 is 2.74 bits per heavy atom. The minimum absolute atomic E-state index is 0.554. The topological polar surface area (TPSA) is 32.3 Å². The minimum Gasteiger partial charge on any atom is -0.384 e. The van der Waals surface area contributed by atoms with Crippen molar-refractivity contribution < 1.29 is 5.11 Å². The van der Waals surface area contributed by atoms with Crippen molar-refractivity contribution in [3.8, 4) is 0 Å². The maximum absolute atomic E-state index is 10.7. The van der Waals surface area contributed by atoms with Crippen LogP contribution in [0.15, 0.2) is 36.4 Å². The Morgan fingerprint density at radius 2 is 1.95 bits per heavy atom. The van der Waals surface area contributed by atoms with Gasteiger partial charge >= 0.3 is 0 Å². The van der Waals surface area contributed by atoms with Gasteiger partial charge in [-0.15, -0.1) is 0 Å². The van der Waals surface area contributed by atoms with Crippen molar-refractivity contribution in [3.05, 3.63) is 64.2 Å². The molecule has 19 heavy (non-hydrogen) atoms. The van der Waals surface area contributed by atoms with Gasteiger partial charge in [0, 0.05) is 17.8 Å². The summed E-state index contributed by atoms with van der Waals surface area (Å²) in [6.07, 6.45) is 0.490. The number of benzene rings is 2. The third-order valence-corrected chi connectivity index (χ3v) is 3.89. The van der Waals surface area contributed by atoms with E-state index in [1.165, 1.54) is 11.1 Å². The largest absolute Gasteiger partial charge is 0.384 e. The molecule has 0 amide bonds. The lowest BCUT2D eigenvalue weighted by atomic mass is 9.94. The van der Waals surface area contributed by atoms with Crippen molar-refractivity contribution in [2.24, 2.45) is 0 Å². The van der Waals surface area contributed by atoms with Gasteiger partial charge in [-0.2, -0.15) is 0 Å². The van der Waals surface area contributed by atoms with Crippen LogP contribution in [0.5, 0.6) is 0 Å². The molecule has 1 atom stereocenters. The molecular weight excluding hydrogens is 234 g/mol. The van der Waals surface area contributed by atoms with Crippen LogP contribution in [0.3, 0.4) is 0 Å². The zero-order valence-corrected chi connectivity index (χ0v) is 11.4. The van der Waals surface area contributed by atoms with Crippen molar-refractivity contribution in [1.29, 1.82) is 0 Å². The first kappa shape index (κ1) is 12.2. The van der Waals surface area contributed by atoms with Gasteiger partial charge in [-0.05, 0) is 37.0 Å². The summed E-state index contributed by atoms with van der Waals surface area (Å²) < 4.78 is 0. The highest BCUT2D eigenvalue weighted by Gasteiger charge is 2.20. The van der Waals surface area contributed by atoms with Gasteiger partial charge in [0.15, 0.2) is 0 Å². The standard InChI is InChI=1S/C17H19NO/c1-11-6-7-14(12(2)10-11)17(19)15-5-3-4-13-8-9-18-16(13)15/h3-7,10,17-19H,8-9H2,1-2H3. The zero-order chi connectivity index (χ0) is 13.4. The predicted molar refractivity (Wildman–Crippen MR) is 78.6 cm³/mol. The molecule has 0 bridgehead atoms. The molecule has 2 aromatic carbocycles. The van der Waals surface area contributed by atoms with E-state index in [-0.39, 0.29) is 0 Å². The Kier molecular flexibility index (Phi) is 3.03. The third kappa shape index (κ3) is 2.13. The lowest BCUT2D eigenvalue weighted by Gasteiger charge is -2.18. The maximum Gasteiger partial charge on any atom is 0.106 e. The molecule has 0 aliphatic carbocycles. The van der Waals surface area contributed by atoms with E-state index in [0.29, 0.717) is 0 Å². The maximum atomic E-state index is 10.7. The molecular formula is C17H19NO. The second-order valence-corrected chi connectivity index (χ2v) is 5.32. The molecule has 2 nitrogen and oxygen atoms in total. The highest BCUT2D eigenvalue weighted by Crippen LogP contribution is 2.34. The highest BCUT2D eigenvalue weighted by molar-refractivity contribution is 5.63. The van der Waals surface area contributed by atoms with Gasteiger partial charge in [0.2, 0.25) is 0 Å². The summed E-state index contributed by atoms with van der Waals surface area (Å²) in [5.41, 5.74) is 6.78. The first-order valence-corrected chi connectivity index (χ1v) is 6.77. The molecule has 2 N–H and O–H groups in total. The van der Waals surface area contributed by atoms with Gasteiger partial charge < -0.3 is 10.4 Å². The molecule has 0 saturated heterocycles. The van der Waals surface area contributed by atoms with Crippen molar-refractivity contribution in [1.82, 2.24) is 0 Å². The third-order valence-electron chi connectivity index (χ3n) is 3.89. The average Bonchev–Trinajstić information content (AvgIpc) is 2.86. The van der Waals surface area contributed by atoms with Crippen LogP contribution >= 0.6 is 0 Å². The number of hydrogen-bond donors (Lipinski definition) is 2. The summed E-state index contributed by atoms with van der Waals surface area (Å²) >= 11 is 0. The van der Waals surface area contributed by atoms with Crippen LogP contribution in [0.25, 0.3) is 0 Å². The molecule has 1 unspecified atom stereocenters. The summed E-state index contributed by atoms with van der Waals surface area (Å²) in [6, 6.07) is 12.4. The van der Waals surface area contributed by atoms with Crippen LogP contribution < -0.4 is 5.32 Å². The number of hydrogen-bond acceptors (Lipinski definition) is 2. The van der Waals surface area contributed by atoms with Crippen molar-refractivity contribution in [2.45, 2.75) is 26.4 Å². The summed E-state index contributed by atoms with van der Waals surface area (Å²) in [6.45, 7) is 5.10. The summed E-state index contributed by atoms with van der Waals surface area (Å²) in [5.74, 6) is 0. The van der Waals surface area contributed by atoms with Crippen molar-refractivity contribution in [2.75, 3.05) is 11.9 Å². The Morgan fingerprint density at radius 1 is 1.11 bits per heavy atom. The molecule has 3 rings (SSSR count). The first-order valence-electron chi connectivity index (χ1n) is 6.77. The van der Waals surface area contributed by atoms with E-state index in [4.69, 9.17) is 0 Å². The van der Waals surface area contributed by atoms with Gasteiger partial charge in [-0.1, -0.05) is 42.0 Å². The SMILES string of the molecule is Cc1ccc(C(O)c2cccc3c2NCC3)c(C)c1. The van der Waals surface area contributed by atoms with Crippen LogP contribution in [0.4, 0.5) is 5.69 Å². The number of nitrogens with one attached hydrogen (secondary N) is 1. The van der Waals surface area contributed by atoms with E-state index in [2.05, 4.69) is 37.4 Å². The molecule has 0 fully saturated rings. The number of rotatable bonds is 2. The van der Waals surface area contributed by atoms with E-state index < -0.39 is 6.10 Å². The molecule has 98 valence electrons. The lowest BCUT2D eigenvalue weighted by Crippen LogP contribution is -2.05. The summed E-state index contributed by atoms with van der Waals surface area (Å²) in [7, 11) is 0. The molecule has 0 spiro atoms. The van der Waals surface area contributed by atoms with E-state index in [9.17, 15) is 5.11 Å². The van der Waals surface area contributed by atoms with Gasteiger partial charge in [0.25, 0.3) is 0 Å². The number of aliphatic hydroxyl groups excluding tert-OH is 1. The van der Waals surface area contributed by atoms with E-state index in [1.807, 2.05) is 18.2 Å². The van der Waals surface area contributed by atoms with E-state index >= 15 is 0 Å². The quantitative estimate of drug-likeness (QED) is 0.860. The Bertz CT molecular complexity index is 619. The van der Waals surface area contributed by atoms with Crippen LogP contribution in [-0.2, 0) is 6.42 Å². The predicted octanol–water partition coefficient (Wildman–Crippen LogP) is 3.35. The van der Waals surface area contributed by atoms with Gasteiger partial charge in [-0.3, -0.25) is 0 Å². The van der Waals surface area contributed by atoms with Gasteiger partial charge in [0.1, 0.15) is 6.10 Å². The minimum atomic E-state index is -0.554. The number of aliphatic hydroxyl groups is 1. The van der Waals surface area contributed by atoms with Crippen molar-refractivity contribution >= 4 is 5.69 Å².